The molecule has 0 aromatic carbocycles. The van der Waals surface area contributed by atoms with Crippen LogP contribution in [0.25, 0.3) is 0 Å². The van der Waals surface area contributed by atoms with Gasteiger partial charge in [0.1, 0.15) is 11.9 Å². The van der Waals surface area contributed by atoms with E-state index in [1.807, 2.05) is 19.0 Å². The van der Waals surface area contributed by atoms with Gasteiger partial charge in [0.15, 0.2) is 0 Å². The molecule has 3 heterocycles. The van der Waals surface area contributed by atoms with E-state index in [4.69, 9.17) is 9.47 Å². The number of carbonyl (C=O) groups excluding carboxylic acids is 2. The van der Waals surface area contributed by atoms with Crippen LogP contribution in [0.3, 0.4) is 0 Å². The van der Waals surface area contributed by atoms with Crippen LogP contribution in [0.5, 0.6) is 0 Å². The van der Waals surface area contributed by atoms with Crippen molar-refractivity contribution in [1.82, 2.24) is 14.8 Å². The quantitative estimate of drug-likeness (QED) is 0.710. The SMILES string of the molecule is COC(=O)C1CC(N(C)C)CN1C(=O)c1cccnc1N1CCOCC1. The van der Waals surface area contributed by atoms with Gasteiger partial charge in [0.2, 0.25) is 0 Å². The smallest absolute Gasteiger partial charge is 0.328 e. The molecular formula is C18H26N4O4. The number of carbonyl (C=O) groups is 2. The lowest BCUT2D eigenvalue weighted by Gasteiger charge is -2.30. The van der Waals surface area contributed by atoms with Crippen molar-refractivity contribution in [2.75, 3.05) is 59.0 Å². The number of hydrogen-bond donors (Lipinski definition) is 0. The number of likely N-dealkylation sites (tertiary alicyclic amines) is 1. The molecule has 1 aromatic rings. The van der Waals surface area contributed by atoms with Gasteiger partial charge in [0, 0.05) is 31.9 Å². The van der Waals surface area contributed by atoms with Crippen LogP contribution in [-0.4, -0.2) is 92.8 Å². The summed E-state index contributed by atoms with van der Waals surface area (Å²) in [5.41, 5.74) is 0.516. The maximum atomic E-state index is 13.3. The number of morpholine rings is 1. The molecule has 2 unspecified atom stereocenters. The minimum Gasteiger partial charge on any atom is -0.467 e. The van der Waals surface area contributed by atoms with E-state index in [-0.39, 0.29) is 17.9 Å². The van der Waals surface area contributed by atoms with E-state index in [0.29, 0.717) is 50.7 Å². The van der Waals surface area contributed by atoms with Crippen molar-refractivity contribution in [2.24, 2.45) is 0 Å². The highest BCUT2D eigenvalue weighted by molar-refractivity contribution is 6.01. The van der Waals surface area contributed by atoms with Crippen LogP contribution in [0.2, 0.25) is 0 Å². The second-order valence-corrected chi connectivity index (χ2v) is 6.82. The van der Waals surface area contributed by atoms with E-state index in [0.717, 1.165) is 0 Å². The third-order valence-electron chi connectivity index (χ3n) is 5.07. The zero-order valence-electron chi connectivity index (χ0n) is 15.6. The molecule has 2 saturated heterocycles. The minimum atomic E-state index is -0.572. The predicted octanol–water partition coefficient (Wildman–Crippen LogP) is 0.236. The van der Waals surface area contributed by atoms with Crippen LogP contribution >= 0.6 is 0 Å². The highest BCUT2D eigenvalue weighted by Gasteiger charge is 2.42. The zero-order valence-corrected chi connectivity index (χ0v) is 15.6. The molecule has 8 nitrogen and oxygen atoms in total. The van der Waals surface area contributed by atoms with Gasteiger partial charge in [-0.05, 0) is 32.6 Å². The summed E-state index contributed by atoms with van der Waals surface area (Å²) in [5.74, 6) is 0.0940. The second-order valence-electron chi connectivity index (χ2n) is 6.82. The lowest BCUT2D eigenvalue weighted by atomic mass is 10.1. The standard InChI is InChI=1S/C18H26N4O4/c1-20(2)13-11-15(18(24)25-3)22(12-13)17(23)14-5-4-6-19-16(14)21-7-9-26-10-8-21/h4-6,13,15H,7-12H2,1-3H3. The first kappa shape index (κ1) is 18.6. The normalized spacial score (nSPS) is 23.4. The molecule has 0 N–H and O–H groups in total. The molecule has 0 radical (unpaired) electrons. The van der Waals surface area contributed by atoms with Crippen LogP contribution in [0.4, 0.5) is 5.82 Å². The molecule has 142 valence electrons. The number of nitrogens with zero attached hydrogens (tertiary/aromatic N) is 4. The molecule has 2 aliphatic heterocycles. The molecule has 26 heavy (non-hydrogen) atoms. The lowest BCUT2D eigenvalue weighted by Crippen LogP contribution is -2.43. The van der Waals surface area contributed by atoms with Gasteiger partial charge in [-0.3, -0.25) is 4.79 Å². The number of aromatic nitrogens is 1. The van der Waals surface area contributed by atoms with Gasteiger partial charge in [0.25, 0.3) is 5.91 Å². The Kier molecular flexibility index (Phi) is 5.73. The first-order chi connectivity index (χ1) is 12.5. The van der Waals surface area contributed by atoms with Crippen LogP contribution < -0.4 is 4.90 Å². The van der Waals surface area contributed by atoms with Crippen molar-refractivity contribution in [1.29, 1.82) is 0 Å². The van der Waals surface area contributed by atoms with Gasteiger partial charge in [-0.15, -0.1) is 0 Å². The average Bonchev–Trinajstić information content (AvgIpc) is 3.13. The number of likely N-dealkylation sites (N-methyl/N-ethyl adjacent to an activating group) is 1. The number of anilines is 1. The van der Waals surface area contributed by atoms with Crippen molar-refractivity contribution in [3.63, 3.8) is 0 Å². The number of esters is 1. The molecule has 2 fully saturated rings. The largest absolute Gasteiger partial charge is 0.467 e. The number of methoxy groups -OCH3 is 1. The Morgan fingerprint density at radius 3 is 2.69 bits per heavy atom. The van der Waals surface area contributed by atoms with E-state index in [1.54, 1.807) is 23.2 Å². The van der Waals surface area contributed by atoms with E-state index < -0.39 is 6.04 Å². The Hall–Kier alpha value is -2.19. The van der Waals surface area contributed by atoms with Crippen molar-refractivity contribution in [3.05, 3.63) is 23.9 Å². The molecule has 8 heteroatoms. The number of ether oxygens (including phenoxy) is 2. The number of pyridine rings is 1. The van der Waals surface area contributed by atoms with Gasteiger partial charge in [-0.2, -0.15) is 0 Å². The minimum absolute atomic E-state index is 0.117. The molecule has 0 saturated carbocycles. The summed E-state index contributed by atoms with van der Waals surface area (Å²) in [6.07, 6.45) is 2.25. The maximum Gasteiger partial charge on any atom is 0.328 e. The summed E-state index contributed by atoms with van der Waals surface area (Å²) in [6, 6.07) is 3.07. The van der Waals surface area contributed by atoms with Crippen molar-refractivity contribution >= 4 is 17.7 Å². The summed E-state index contributed by atoms with van der Waals surface area (Å²) >= 11 is 0. The molecule has 0 bridgehead atoms. The van der Waals surface area contributed by atoms with Gasteiger partial charge in [0.05, 0.1) is 25.9 Å². The first-order valence-corrected chi connectivity index (χ1v) is 8.86. The van der Waals surface area contributed by atoms with E-state index in [9.17, 15) is 9.59 Å². The second kappa shape index (κ2) is 8.01. The summed E-state index contributed by atoms with van der Waals surface area (Å²) in [5, 5.41) is 0. The van der Waals surface area contributed by atoms with E-state index in [2.05, 4.69) is 9.88 Å². The summed E-state index contributed by atoms with van der Waals surface area (Å²) < 4.78 is 10.3. The fourth-order valence-electron chi connectivity index (χ4n) is 3.52. The van der Waals surface area contributed by atoms with Gasteiger partial charge >= 0.3 is 5.97 Å². The number of rotatable bonds is 4. The third kappa shape index (κ3) is 3.66. The Balaban J connectivity index is 1.89. The first-order valence-electron chi connectivity index (χ1n) is 8.86. The summed E-state index contributed by atoms with van der Waals surface area (Å²) in [4.78, 5) is 35.7. The van der Waals surface area contributed by atoms with Crippen molar-refractivity contribution in [3.8, 4) is 0 Å². The lowest BCUT2D eigenvalue weighted by molar-refractivity contribution is -0.145. The Bertz CT molecular complexity index is 660. The number of amides is 1. The van der Waals surface area contributed by atoms with E-state index in [1.165, 1.54) is 7.11 Å². The zero-order chi connectivity index (χ0) is 18.7. The van der Waals surface area contributed by atoms with Crippen LogP contribution in [-0.2, 0) is 14.3 Å². The van der Waals surface area contributed by atoms with Crippen molar-refractivity contribution < 1.29 is 19.1 Å². The molecular weight excluding hydrogens is 336 g/mol. The summed E-state index contributed by atoms with van der Waals surface area (Å²) in [7, 11) is 5.27. The Morgan fingerprint density at radius 1 is 1.31 bits per heavy atom. The van der Waals surface area contributed by atoms with Gasteiger partial charge in [-0.25, -0.2) is 9.78 Å². The fourth-order valence-corrected chi connectivity index (χ4v) is 3.52. The summed E-state index contributed by atoms with van der Waals surface area (Å²) in [6.45, 7) is 3.10. The Labute approximate surface area is 153 Å². The third-order valence-corrected chi connectivity index (χ3v) is 5.07. The molecule has 2 atom stereocenters. The maximum absolute atomic E-state index is 13.3. The van der Waals surface area contributed by atoms with Gasteiger partial charge in [-0.1, -0.05) is 0 Å². The molecule has 0 aliphatic carbocycles. The molecule has 3 rings (SSSR count). The highest BCUT2D eigenvalue weighted by atomic mass is 16.5. The molecule has 1 aromatic heterocycles. The topological polar surface area (TPSA) is 75.2 Å². The van der Waals surface area contributed by atoms with E-state index >= 15 is 0 Å². The molecule has 1 amide bonds. The number of hydrogen-bond acceptors (Lipinski definition) is 7. The monoisotopic (exact) mass is 362 g/mol. The highest BCUT2D eigenvalue weighted by Crippen LogP contribution is 2.27. The molecule has 2 aliphatic rings. The predicted molar refractivity (Wildman–Crippen MR) is 96.2 cm³/mol. The fraction of sp³-hybridized carbons (Fsp3) is 0.611. The van der Waals surface area contributed by atoms with Crippen LogP contribution in [0.1, 0.15) is 16.8 Å². The molecule has 0 spiro atoms. The van der Waals surface area contributed by atoms with Crippen molar-refractivity contribution in [2.45, 2.75) is 18.5 Å². The Morgan fingerprint density at radius 2 is 2.04 bits per heavy atom. The van der Waals surface area contributed by atoms with Crippen LogP contribution in [0, 0.1) is 0 Å². The van der Waals surface area contributed by atoms with Crippen LogP contribution in [0.15, 0.2) is 18.3 Å². The van der Waals surface area contributed by atoms with Gasteiger partial charge < -0.3 is 24.2 Å². The average molecular weight is 362 g/mol.